The molecule has 0 spiro atoms. The maximum atomic E-state index is 12.5. The monoisotopic (exact) mass is 414 g/mol. The Morgan fingerprint density at radius 1 is 1.21 bits per heavy atom. The van der Waals surface area contributed by atoms with Gasteiger partial charge in [0.05, 0.1) is 12.2 Å². The zero-order chi connectivity index (χ0) is 19.8. The first-order valence-electron chi connectivity index (χ1n) is 9.85. The summed E-state index contributed by atoms with van der Waals surface area (Å²) in [7, 11) is 0. The van der Waals surface area contributed by atoms with Gasteiger partial charge in [0.1, 0.15) is 0 Å². The van der Waals surface area contributed by atoms with Crippen LogP contribution >= 0.6 is 11.3 Å². The van der Waals surface area contributed by atoms with Gasteiger partial charge in [-0.1, -0.05) is 6.42 Å². The lowest BCUT2D eigenvalue weighted by Crippen LogP contribution is -2.36. The maximum Gasteiger partial charge on any atom is 0.238 e. The van der Waals surface area contributed by atoms with Crippen molar-refractivity contribution in [2.75, 3.05) is 30.5 Å². The van der Waals surface area contributed by atoms with Crippen LogP contribution in [0.2, 0.25) is 0 Å². The van der Waals surface area contributed by atoms with E-state index in [9.17, 15) is 9.59 Å². The van der Waals surface area contributed by atoms with E-state index < -0.39 is 0 Å². The van der Waals surface area contributed by atoms with Gasteiger partial charge in [0, 0.05) is 42.1 Å². The second-order valence-electron chi connectivity index (χ2n) is 7.58. The first kappa shape index (κ1) is 18.4. The number of hydrogen-bond donors (Lipinski definition) is 2. The number of amides is 2. The highest BCUT2D eigenvalue weighted by molar-refractivity contribution is 7.15. The van der Waals surface area contributed by atoms with Crippen molar-refractivity contribution in [2.24, 2.45) is 5.92 Å². The van der Waals surface area contributed by atoms with E-state index in [0.29, 0.717) is 35.4 Å². The quantitative estimate of drug-likeness (QED) is 0.781. The number of thiazole rings is 1. The highest BCUT2D eigenvalue weighted by atomic mass is 32.1. The molecule has 3 aliphatic rings. The van der Waals surface area contributed by atoms with Crippen LogP contribution in [0.4, 0.5) is 10.8 Å². The average molecular weight is 414 g/mol. The van der Waals surface area contributed by atoms with Gasteiger partial charge in [-0.2, -0.15) is 0 Å². The summed E-state index contributed by atoms with van der Waals surface area (Å²) in [5, 5.41) is 6.55. The number of nitrogens with zero attached hydrogens (tertiary/aromatic N) is 2. The predicted octanol–water partition coefficient (Wildman–Crippen LogP) is 2.61. The maximum absolute atomic E-state index is 12.5. The summed E-state index contributed by atoms with van der Waals surface area (Å²) in [6.45, 7) is 1.94. The van der Waals surface area contributed by atoms with Gasteiger partial charge >= 0.3 is 0 Å². The van der Waals surface area contributed by atoms with E-state index in [4.69, 9.17) is 9.47 Å². The first-order valence-corrected chi connectivity index (χ1v) is 10.7. The van der Waals surface area contributed by atoms with Crippen molar-refractivity contribution < 1.29 is 19.1 Å². The van der Waals surface area contributed by atoms with Crippen LogP contribution in [0.1, 0.15) is 29.8 Å². The normalized spacial score (nSPS) is 18.1. The van der Waals surface area contributed by atoms with Crippen molar-refractivity contribution in [1.82, 2.24) is 9.88 Å². The lowest BCUT2D eigenvalue weighted by atomic mass is 9.85. The Labute approximate surface area is 172 Å². The molecule has 2 aromatic rings. The van der Waals surface area contributed by atoms with Crippen molar-refractivity contribution >= 4 is 34.0 Å². The smallest absolute Gasteiger partial charge is 0.238 e. The number of ether oxygens (including phenoxy) is 2. The molecule has 8 nitrogen and oxygen atoms in total. The molecule has 29 heavy (non-hydrogen) atoms. The number of anilines is 2. The summed E-state index contributed by atoms with van der Waals surface area (Å²) in [5.41, 5.74) is 1.72. The van der Waals surface area contributed by atoms with Crippen LogP contribution in [-0.4, -0.2) is 41.6 Å². The molecule has 2 N–H and O–H groups in total. The van der Waals surface area contributed by atoms with Crippen LogP contribution in [0.15, 0.2) is 18.2 Å². The molecule has 1 aromatic heterocycles. The Kier molecular flexibility index (Phi) is 4.84. The van der Waals surface area contributed by atoms with E-state index in [0.717, 1.165) is 42.8 Å². The number of carbonyl (C=O) groups excluding carboxylic acids is 2. The summed E-state index contributed by atoms with van der Waals surface area (Å²) < 4.78 is 10.6. The Morgan fingerprint density at radius 3 is 2.90 bits per heavy atom. The van der Waals surface area contributed by atoms with Gasteiger partial charge in [0.25, 0.3) is 0 Å². The lowest BCUT2D eigenvalue weighted by Gasteiger charge is -2.25. The van der Waals surface area contributed by atoms with Crippen LogP contribution in [0.25, 0.3) is 0 Å². The number of fused-ring (bicyclic) bond motifs is 2. The van der Waals surface area contributed by atoms with Crippen LogP contribution < -0.4 is 20.1 Å². The molecule has 152 valence electrons. The van der Waals surface area contributed by atoms with Gasteiger partial charge < -0.3 is 20.1 Å². The van der Waals surface area contributed by atoms with Gasteiger partial charge in [0.2, 0.25) is 18.6 Å². The van der Waals surface area contributed by atoms with E-state index in [-0.39, 0.29) is 24.5 Å². The van der Waals surface area contributed by atoms with E-state index in [2.05, 4.69) is 20.5 Å². The summed E-state index contributed by atoms with van der Waals surface area (Å²) in [4.78, 5) is 32.4. The van der Waals surface area contributed by atoms with Gasteiger partial charge in [-0.25, -0.2) is 4.98 Å². The average Bonchev–Trinajstić information content (AvgIpc) is 3.25. The van der Waals surface area contributed by atoms with Crippen molar-refractivity contribution in [3.8, 4) is 11.5 Å². The zero-order valence-electron chi connectivity index (χ0n) is 15.9. The number of hydrogen-bond acceptors (Lipinski definition) is 7. The van der Waals surface area contributed by atoms with E-state index >= 15 is 0 Å². The third-order valence-corrected chi connectivity index (χ3v) is 6.54. The fourth-order valence-electron chi connectivity index (χ4n) is 3.69. The minimum Gasteiger partial charge on any atom is -0.454 e. The molecule has 9 heteroatoms. The van der Waals surface area contributed by atoms with Crippen molar-refractivity contribution in [3.63, 3.8) is 0 Å². The summed E-state index contributed by atoms with van der Waals surface area (Å²) in [5.74, 6) is 1.49. The number of aromatic nitrogens is 1. The van der Waals surface area contributed by atoms with Crippen molar-refractivity contribution in [3.05, 3.63) is 28.8 Å². The van der Waals surface area contributed by atoms with Gasteiger partial charge in [-0.3, -0.25) is 14.5 Å². The summed E-state index contributed by atoms with van der Waals surface area (Å²) in [6, 6.07) is 5.37. The van der Waals surface area contributed by atoms with E-state index in [1.54, 1.807) is 18.2 Å². The molecular formula is C20H22N4O4S. The minimum atomic E-state index is -0.0738. The summed E-state index contributed by atoms with van der Waals surface area (Å²) in [6.07, 6.45) is 3.87. The molecule has 2 aliphatic heterocycles. The molecule has 5 rings (SSSR count). The fourth-order valence-corrected chi connectivity index (χ4v) is 4.75. The predicted molar refractivity (Wildman–Crippen MR) is 108 cm³/mol. The third kappa shape index (κ3) is 3.92. The molecule has 0 bridgehead atoms. The Morgan fingerprint density at radius 2 is 2.07 bits per heavy atom. The fraction of sp³-hybridized carbons (Fsp3) is 0.450. The van der Waals surface area contributed by atoms with E-state index in [1.165, 1.54) is 11.3 Å². The number of carbonyl (C=O) groups is 2. The zero-order valence-corrected chi connectivity index (χ0v) is 16.7. The van der Waals surface area contributed by atoms with Gasteiger partial charge in [0.15, 0.2) is 16.6 Å². The Balaban J connectivity index is 1.16. The largest absolute Gasteiger partial charge is 0.454 e. The Bertz CT molecular complexity index is 956. The molecule has 1 aromatic carbocycles. The highest BCUT2D eigenvalue weighted by Crippen LogP contribution is 2.34. The van der Waals surface area contributed by atoms with Crippen LogP contribution in [-0.2, 0) is 22.6 Å². The van der Waals surface area contributed by atoms with Gasteiger partial charge in [-0.05, 0) is 25.0 Å². The molecule has 1 aliphatic carbocycles. The second kappa shape index (κ2) is 7.64. The lowest BCUT2D eigenvalue weighted by molar-refractivity contribution is -0.122. The number of rotatable bonds is 5. The minimum absolute atomic E-state index is 0.0738. The molecule has 0 atom stereocenters. The second-order valence-corrected chi connectivity index (χ2v) is 8.67. The molecule has 1 saturated carbocycles. The molecule has 3 heterocycles. The third-order valence-electron chi connectivity index (χ3n) is 5.54. The standard InChI is InChI=1S/C20H22N4O4S/c25-18(21-13-4-5-15-16(8-13)28-11-27-15)10-24-7-6-14-17(9-24)29-20(22-14)23-19(26)12-2-1-3-12/h4-5,8,12H,1-3,6-7,9-11H2,(H,21,25)(H,22,23,26). The molecule has 0 unspecified atom stereocenters. The summed E-state index contributed by atoms with van der Waals surface area (Å²) >= 11 is 1.52. The van der Waals surface area contributed by atoms with Crippen LogP contribution in [0.3, 0.4) is 0 Å². The van der Waals surface area contributed by atoms with Crippen LogP contribution in [0, 0.1) is 5.92 Å². The van der Waals surface area contributed by atoms with E-state index in [1.807, 2.05) is 0 Å². The highest BCUT2D eigenvalue weighted by Gasteiger charge is 2.27. The molecule has 2 amide bonds. The first-order chi connectivity index (χ1) is 14.1. The molecule has 0 saturated heterocycles. The van der Waals surface area contributed by atoms with Crippen LogP contribution in [0.5, 0.6) is 11.5 Å². The van der Waals surface area contributed by atoms with Crippen molar-refractivity contribution in [2.45, 2.75) is 32.2 Å². The topological polar surface area (TPSA) is 92.8 Å². The number of nitrogens with one attached hydrogen (secondary N) is 2. The Hall–Kier alpha value is -2.65. The molecular weight excluding hydrogens is 392 g/mol. The van der Waals surface area contributed by atoms with Crippen molar-refractivity contribution in [1.29, 1.82) is 0 Å². The SMILES string of the molecule is O=C(CN1CCc2nc(NC(=O)C3CCC3)sc2C1)Nc1ccc2c(c1)OCO2. The van der Waals surface area contributed by atoms with Gasteiger partial charge in [-0.15, -0.1) is 11.3 Å². The molecule has 0 radical (unpaired) electrons. The molecule has 1 fully saturated rings. The number of benzene rings is 1.